The molecule has 0 saturated heterocycles. The molecule has 0 atom stereocenters. The van der Waals surface area contributed by atoms with Crippen molar-refractivity contribution in [3.8, 4) is 11.4 Å². The van der Waals surface area contributed by atoms with Crippen LogP contribution in [0.3, 0.4) is 0 Å². The van der Waals surface area contributed by atoms with Gasteiger partial charge in [-0.2, -0.15) is 18.3 Å². The normalized spacial score (nSPS) is 11.1. The molecule has 0 aliphatic heterocycles. The molecular formula is C25H18ClF3N4O2S. The van der Waals surface area contributed by atoms with E-state index < -0.39 is 23.3 Å². The van der Waals surface area contributed by atoms with Crippen molar-refractivity contribution in [2.75, 3.05) is 5.32 Å². The van der Waals surface area contributed by atoms with Crippen LogP contribution < -0.4 is 15.4 Å². The molecule has 0 fully saturated rings. The third-order valence-corrected chi connectivity index (χ3v) is 5.38. The summed E-state index contributed by atoms with van der Waals surface area (Å²) in [6, 6.07) is 21.9. The first-order chi connectivity index (χ1) is 17.2. The van der Waals surface area contributed by atoms with E-state index in [-0.39, 0.29) is 10.8 Å². The van der Waals surface area contributed by atoms with Crippen LogP contribution in [0.25, 0.3) is 5.69 Å². The monoisotopic (exact) mass is 530 g/mol. The quantitative estimate of drug-likeness (QED) is 0.288. The number of hydrogen-bond donors (Lipinski definition) is 2. The number of amides is 1. The topological polar surface area (TPSA) is 68.2 Å². The number of nitrogens with zero attached hydrogens (tertiary/aromatic N) is 2. The summed E-state index contributed by atoms with van der Waals surface area (Å²) in [4.78, 5) is 12.7. The number of nitrogens with one attached hydrogen (secondary N) is 2. The van der Waals surface area contributed by atoms with Crippen molar-refractivity contribution in [3.63, 3.8) is 0 Å². The molecule has 1 aromatic heterocycles. The zero-order valence-electron chi connectivity index (χ0n) is 18.4. The average molecular weight is 531 g/mol. The second-order valence-electron chi connectivity index (χ2n) is 7.50. The second-order valence-corrected chi connectivity index (χ2v) is 8.35. The van der Waals surface area contributed by atoms with E-state index in [0.717, 1.165) is 11.8 Å². The smallest absolute Gasteiger partial charge is 0.434 e. The van der Waals surface area contributed by atoms with Gasteiger partial charge in [-0.25, -0.2) is 4.68 Å². The number of anilines is 1. The van der Waals surface area contributed by atoms with E-state index in [1.54, 1.807) is 24.3 Å². The molecule has 2 N–H and O–H groups in total. The van der Waals surface area contributed by atoms with E-state index in [9.17, 15) is 18.0 Å². The second kappa shape index (κ2) is 10.8. The number of carbonyl (C=O) groups excluding carboxylic acids is 1. The van der Waals surface area contributed by atoms with E-state index in [0.29, 0.717) is 27.7 Å². The number of ether oxygens (including phenoxy) is 1. The molecule has 3 aromatic carbocycles. The van der Waals surface area contributed by atoms with Crippen LogP contribution in [-0.4, -0.2) is 20.8 Å². The maximum atomic E-state index is 13.9. The maximum absolute atomic E-state index is 13.9. The third kappa shape index (κ3) is 6.21. The number of rotatable bonds is 6. The van der Waals surface area contributed by atoms with Gasteiger partial charge in [0.2, 0.25) is 0 Å². The van der Waals surface area contributed by atoms with Crippen LogP contribution in [0.15, 0.2) is 85.1 Å². The van der Waals surface area contributed by atoms with Crippen LogP contribution in [0.4, 0.5) is 18.9 Å². The van der Waals surface area contributed by atoms with Crippen molar-refractivity contribution in [1.82, 2.24) is 15.1 Å². The van der Waals surface area contributed by atoms with Gasteiger partial charge in [-0.05, 0) is 54.2 Å². The Morgan fingerprint density at radius 1 is 1.03 bits per heavy atom. The number of halogens is 4. The fraction of sp³-hybridized carbons (Fsp3) is 0.0800. The van der Waals surface area contributed by atoms with Gasteiger partial charge in [-0.3, -0.25) is 10.1 Å². The highest BCUT2D eigenvalue weighted by molar-refractivity contribution is 7.80. The largest absolute Gasteiger partial charge is 0.489 e. The summed E-state index contributed by atoms with van der Waals surface area (Å²) in [5.41, 5.74) is -0.348. The van der Waals surface area contributed by atoms with Crippen LogP contribution in [0, 0.1) is 0 Å². The highest BCUT2D eigenvalue weighted by Crippen LogP contribution is 2.34. The van der Waals surface area contributed by atoms with E-state index in [1.807, 2.05) is 30.3 Å². The lowest BCUT2D eigenvalue weighted by molar-refractivity contribution is -0.143. The van der Waals surface area contributed by atoms with Crippen LogP contribution in [-0.2, 0) is 12.8 Å². The van der Waals surface area contributed by atoms with E-state index >= 15 is 0 Å². The number of benzene rings is 3. The fourth-order valence-electron chi connectivity index (χ4n) is 3.30. The Morgan fingerprint density at radius 3 is 2.44 bits per heavy atom. The number of alkyl halides is 3. The molecule has 184 valence electrons. The maximum Gasteiger partial charge on any atom is 0.434 e. The summed E-state index contributed by atoms with van der Waals surface area (Å²) in [6.07, 6.45) is -4.02. The van der Waals surface area contributed by atoms with E-state index in [2.05, 4.69) is 15.7 Å². The van der Waals surface area contributed by atoms with Gasteiger partial charge in [0.25, 0.3) is 5.91 Å². The summed E-state index contributed by atoms with van der Waals surface area (Å²) in [6.45, 7) is 0.350. The van der Waals surface area contributed by atoms with E-state index in [1.165, 1.54) is 24.3 Å². The lowest BCUT2D eigenvalue weighted by Crippen LogP contribution is -2.35. The Morgan fingerprint density at radius 2 is 1.75 bits per heavy atom. The first-order valence-electron chi connectivity index (χ1n) is 10.5. The molecule has 1 amide bonds. The van der Waals surface area contributed by atoms with Crippen molar-refractivity contribution < 1.29 is 22.7 Å². The molecule has 4 rings (SSSR count). The molecule has 0 aliphatic rings. The van der Waals surface area contributed by atoms with Crippen molar-refractivity contribution in [2.24, 2.45) is 0 Å². The summed E-state index contributed by atoms with van der Waals surface area (Å²) in [7, 11) is 0. The SMILES string of the molecule is O=C(NC(=S)Nc1cccc(OCc2ccccc2)c1)c1cnn(-c2ccc(Cl)cc2)c1C(F)(F)F. The molecule has 0 aliphatic carbocycles. The highest BCUT2D eigenvalue weighted by atomic mass is 35.5. The summed E-state index contributed by atoms with van der Waals surface area (Å²) < 4.78 is 48.0. The van der Waals surface area contributed by atoms with E-state index in [4.69, 9.17) is 28.6 Å². The van der Waals surface area contributed by atoms with Crippen LogP contribution in [0.1, 0.15) is 21.6 Å². The first kappa shape index (κ1) is 25.2. The van der Waals surface area contributed by atoms with Crippen molar-refractivity contribution in [3.05, 3.63) is 107 Å². The molecule has 36 heavy (non-hydrogen) atoms. The average Bonchev–Trinajstić information content (AvgIpc) is 3.30. The Bertz CT molecular complexity index is 1380. The van der Waals surface area contributed by atoms with Gasteiger partial charge in [0.15, 0.2) is 10.8 Å². The third-order valence-electron chi connectivity index (χ3n) is 4.92. The Labute approximate surface area is 214 Å². The number of thiocarbonyl (C=S) groups is 1. The lowest BCUT2D eigenvalue weighted by atomic mass is 10.2. The molecular weight excluding hydrogens is 513 g/mol. The predicted molar refractivity (Wildman–Crippen MR) is 134 cm³/mol. The molecule has 0 spiro atoms. The van der Waals surface area contributed by atoms with Crippen molar-refractivity contribution in [1.29, 1.82) is 0 Å². The molecule has 11 heteroatoms. The molecule has 0 bridgehead atoms. The van der Waals surface area contributed by atoms with Gasteiger partial charge in [0, 0.05) is 16.8 Å². The minimum absolute atomic E-state index is 0.0961. The number of aromatic nitrogens is 2. The molecule has 4 aromatic rings. The summed E-state index contributed by atoms with van der Waals surface area (Å²) in [5.74, 6) is -0.516. The van der Waals surface area contributed by atoms with Gasteiger partial charge >= 0.3 is 6.18 Å². The zero-order chi connectivity index (χ0) is 25.7. The van der Waals surface area contributed by atoms with Gasteiger partial charge in [0.05, 0.1) is 17.4 Å². The van der Waals surface area contributed by atoms with Crippen LogP contribution >= 0.6 is 23.8 Å². The Balaban J connectivity index is 1.45. The van der Waals surface area contributed by atoms with Gasteiger partial charge < -0.3 is 10.1 Å². The van der Waals surface area contributed by atoms with Gasteiger partial charge in [0.1, 0.15) is 12.4 Å². The molecule has 0 unspecified atom stereocenters. The van der Waals surface area contributed by atoms with Crippen LogP contribution in [0.2, 0.25) is 5.02 Å². The lowest BCUT2D eigenvalue weighted by Gasteiger charge is -2.14. The summed E-state index contributed by atoms with van der Waals surface area (Å²) >= 11 is 11.0. The molecule has 1 heterocycles. The number of carbonyl (C=O) groups is 1. The highest BCUT2D eigenvalue weighted by Gasteiger charge is 2.40. The summed E-state index contributed by atoms with van der Waals surface area (Å²) in [5, 5.41) is 8.98. The van der Waals surface area contributed by atoms with Crippen LogP contribution in [0.5, 0.6) is 5.75 Å². The molecule has 0 radical (unpaired) electrons. The van der Waals surface area contributed by atoms with Gasteiger partial charge in [-0.1, -0.05) is 48.0 Å². The van der Waals surface area contributed by atoms with Crippen molar-refractivity contribution in [2.45, 2.75) is 12.8 Å². The number of hydrogen-bond acceptors (Lipinski definition) is 4. The minimum atomic E-state index is -4.86. The minimum Gasteiger partial charge on any atom is -0.489 e. The Hall–Kier alpha value is -3.89. The fourth-order valence-corrected chi connectivity index (χ4v) is 3.64. The standard InChI is InChI=1S/C25H18ClF3N4O2S/c26-17-9-11-19(12-10-17)33-22(25(27,28)29)21(14-30-33)23(34)32-24(36)31-18-7-4-8-20(13-18)35-15-16-5-2-1-3-6-16/h1-14H,15H2,(H2,31,32,34,36). The molecule has 0 saturated carbocycles. The zero-order valence-corrected chi connectivity index (χ0v) is 20.0. The first-order valence-corrected chi connectivity index (χ1v) is 11.3. The Kier molecular flexibility index (Phi) is 7.56. The molecule has 6 nitrogen and oxygen atoms in total. The van der Waals surface area contributed by atoms with Crippen molar-refractivity contribution >= 4 is 40.5 Å². The van der Waals surface area contributed by atoms with Gasteiger partial charge in [-0.15, -0.1) is 0 Å². The predicted octanol–water partition coefficient (Wildman–Crippen LogP) is 6.25.